The van der Waals surface area contributed by atoms with Crippen LogP contribution in [0.15, 0.2) is 42.7 Å². The number of anilines is 1. The van der Waals surface area contributed by atoms with Gasteiger partial charge in [0.2, 0.25) is 5.91 Å². The van der Waals surface area contributed by atoms with Gasteiger partial charge < -0.3 is 20.1 Å². The number of nitrogens with zero attached hydrogens (tertiary/aromatic N) is 2. The Labute approximate surface area is 192 Å². The van der Waals surface area contributed by atoms with Crippen molar-refractivity contribution in [1.29, 1.82) is 0 Å². The fourth-order valence-corrected chi connectivity index (χ4v) is 4.32. The van der Waals surface area contributed by atoms with Crippen molar-refractivity contribution in [2.75, 3.05) is 19.0 Å². The standard InChI is InChI=1S/C24H28N4O5/c1-32-19-8-7-18(14-20(19)33-16-17-6-5-12-25-15-17)26-21(29)9-13-28-22(30)24(27-23(28)31)10-3-2-4-11-24/h5-8,12,14-15H,2-4,9-11,13,16H2,1H3,(H,26,29)(H,27,31). The first kappa shape index (κ1) is 22.6. The molecule has 9 nitrogen and oxygen atoms in total. The van der Waals surface area contributed by atoms with Crippen molar-refractivity contribution in [1.82, 2.24) is 15.2 Å². The maximum atomic E-state index is 12.8. The average molecular weight is 453 g/mol. The number of carbonyl (C=O) groups is 3. The van der Waals surface area contributed by atoms with Gasteiger partial charge in [-0.3, -0.25) is 19.5 Å². The van der Waals surface area contributed by atoms with Crippen LogP contribution >= 0.6 is 0 Å². The molecular formula is C24H28N4O5. The molecule has 2 heterocycles. The quantitative estimate of drug-likeness (QED) is 0.595. The molecule has 2 aromatic rings. The highest BCUT2D eigenvalue weighted by Crippen LogP contribution is 2.34. The van der Waals surface area contributed by atoms with E-state index in [1.807, 2.05) is 12.1 Å². The Kier molecular flexibility index (Phi) is 6.76. The second-order valence-electron chi connectivity index (χ2n) is 8.34. The van der Waals surface area contributed by atoms with Gasteiger partial charge in [0, 0.05) is 42.7 Å². The smallest absolute Gasteiger partial charge is 0.325 e. The maximum Gasteiger partial charge on any atom is 0.325 e. The molecule has 9 heteroatoms. The summed E-state index contributed by atoms with van der Waals surface area (Å²) in [7, 11) is 1.54. The Morgan fingerprint density at radius 3 is 2.73 bits per heavy atom. The number of pyridine rings is 1. The van der Waals surface area contributed by atoms with Gasteiger partial charge in [0.05, 0.1) is 7.11 Å². The third-order valence-electron chi connectivity index (χ3n) is 6.08. The molecule has 1 aromatic carbocycles. The van der Waals surface area contributed by atoms with Crippen molar-refractivity contribution in [3.8, 4) is 11.5 Å². The third-order valence-corrected chi connectivity index (χ3v) is 6.08. The highest BCUT2D eigenvalue weighted by atomic mass is 16.5. The van der Waals surface area contributed by atoms with Crippen molar-refractivity contribution in [3.05, 3.63) is 48.3 Å². The van der Waals surface area contributed by atoms with Crippen molar-refractivity contribution >= 4 is 23.5 Å². The molecule has 1 saturated carbocycles. The molecule has 1 saturated heterocycles. The minimum absolute atomic E-state index is 0.00709. The molecule has 4 rings (SSSR count). The molecule has 1 aliphatic carbocycles. The number of benzene rings is 1. The maximum absolute atomic E-state index is 12.8. The Morgan fingerprint density at radius 1 is 1.18 bits per heavy atom. The molecule has 174 valence electrons. The Morgan fingerprint density at radius 2 is 2.00 bits per heavy atom. The number of imide groups is 1. The number of hydrogen-bond donors (Lipinski definition) is 2. The SMILES string of the molecule is COc1ccc(NC(=O)CCN2C(=O)NC3(CCCCC3)C2=O)cc1OCc1cccnc1. The van der Waals surface area contributed by atoms with Crippen LogP contribution in [0, 0.1) is 0 Å². The van der Waals surface area contributed by atoms with E-state index in [9.17, 15) is 14.4 Å². The van der Waals surface area contributed by atoms with E-state index in [1.54, 1.807) is 37.7 Å². The van der Waals surface area contributed by atoms with Crippen LogP contribution in [0.3, 0.4) is 0 Å². The predicted octanol–water partition coefficient (Wildman–Crippen LogP) is 3.25. The zero-order chi connectivity index (χ0) is 23.3. The number of urea groups is 1. The van der Waals surface area contributed by atoms with Gasteiger partial charge >= 0.3 is 6.03 Å². The highest BCUT2D eigenvalue weighted by Gasteiger charge is 2.51. The van der Waals surface area contributed by atoms with E-state index >= 15 is 0 Å². The number of amides is 4. The molecule has 2 fully saturated rings. The van der Waals surface area contributed by atoms with Crippen molar-refractivity contribution in [2.24, 2.45) is 0 Å². The van der Waals surface area contributed by atoms with E-state index in [4.69, 9.17) is 9.47 Å². The summed E-state index contributed by atoms with van der Waals surface area (Å²) < 4.78 is 11.2. The number of ether oxygens (including phenoxy) is 2. The molecule has 2 aliphatic rings. The number of hydrogen-bond acceptors (Lipinski definition) is 6. The monoisotopic (exact) mass is 452 g/mol. The van der Waals surface area contributed by atoms with E-state index < -0.39 is 11.6 Å². The molecule has 1 spiro atoms. The summed E-state index contributed by atoms with van der Waals surface area (Å²) in [5.41, 5.74) is 0.656. The number of methoxy groups -OCH3 is 1. The molecule has 4 amide bonds. The van der Waals surface area contributed by atoms with Crippen LogP contribution in [0.5, 0.6) is 11.5 Å². The summed E-state index contributed by atoms with van der Waals surface area (Å²) >= 11 is 0. The van der Waals surface area contributed by atoms with Crippen molar-refractivity contribution in [3.63, 3.8) is 0 Å². The van der Waals surface area contributed by atoms with E-state index in [1.165, 1.54) is 4.90 Å². The van der Waals surface area contributed by atoms with Gasteiger partial charge in [0.1, 0.15) is 12.1 Å². The lowest BCUT2D eigenvalue weighted by atomic mass is 9.82. The molecular weight excluding hydrogens is 424 g/mol. The van der Waals surface area contributed by atoms with Gasteiger partial charge in [-0.05, 0) is 31.0 Å². The van der Waals surface area contributed by atoms with Crippen LogP contribution < -0.4 is 20.1 Å². The van der Waals surface area contributed by atoms with Gasteiger partial charge in [-0.2, -0.15) is 0 Å². The second-order valence-corrected chi connectivity index (χ2v) is 8.34. The lowest BCUT2D eigenvalue weighted by Gasteiger charge is -2.30. The summed E-state index contributed by atoms with van der Waals surface area (Å²) in [5, 5.41) is 5.66. The van der Waals surface area contributed by atoms with Gasteiger partial charge in [-0.25, -0.2) is 4.79 Å². The van der Waals surface area contributed by atoms with Gasteiger partial charge in [0.25, 0.3) is 5.91 Å². The lowest BCUT2D eigenvalue weighted by molar-refractivity contribution is -0.132. The molecule has 0 bridgehead atoms. The third kappa shape index (κ3) is 5.08. The van der Waals surface area contributed by atoms with Crippen LogP contribution in [-0.2, 0) is 16.2 Å². The van der Waals surface area contributed by atoms with Crippen molar-refractivity contribution in [2.45, 2.75) is 50.7 Å². The van der Waals surface area contributed by atoms with E-state index in [0.717, 1.165) is 24.8 Å². The minimum Gasteiger partial charge on any atom is -0.493 e. The average Bonchev–Trinajstić information content (AvgIpc) is 3.05. The minimum atomic E-state index is -0.775. The first-order chi connectivity index (χ1) is 16.0. The number of aromatic nitrogens is 1. The topological polar surface area (TPSA) is 110 Å². The fraction of sp³-hybridized carbons (Fsp3) is 0.417. The second kappa shape index (κ2) is 9.89. The van der Waals surface area contributed by atoms with Crippen LogP contribution in [0.2, 0.25) is 0 Å². The Bertz CT molecular complexity index is 1020. The zero-order valence-corrected chi connectivity index (χ0v) is 18.6. The molecule has 0 unspecified atom stereocenters. The molecule has 1 aromatic heterocycles. The summed E-state index contributed by atoms with van der Waals surface area (Å²) in [4.78, 5) is 43.0. The predicted molar refractivity (Wildman–Crippen MR) is 121 cm³/mol. The summed E-state index contributed by atoms with van der Waals surface area (Å²) in [6, 6.07) is 8.41. The van der Waals surface area contributed by atoms with E-state index in [-0.39, 0.29) is 24.8 Å². The first-order valence-electron chi connectivity index (χ1n) is 11.1. The molecule has 0 atom stereocenters. The normalized spacial score (nSPS) is 17.1. The Hall–Kier alpha value is -3.62. The molecule has 0 radical (unpaired) electrons. The first-order valence-corrected chi connectivity index (χ1v) is 11.1. The van der Waals surface area contributed by atoms with Gasteiger partial charge in [0.15, 0.2) is 11.5 Å². The molecule has 2 N–H and O–H groups in total. The highest BCUT2D eigenvalue weighted by molar-refractivity contribution is 6.07. The zero-order valence-electron chi connectivity index (χ0n) is 18.6. The summed E-state index contributed by atoms with van der Waals surface area (Å²) in [6.07, 6.45) is 7.64. The fourth-order valence-electron chi connectivity index (χ4n) is 4.32. The largest absolute Gasteiger partial charge is 0.493 e. The number of rotatable bonds is 8. The molecule has 1 aliphatic heterocycles. The van der Waals surface area contributed by atoms with E-state index in [0.29, 0.717) is 36.6 Å². The van der Waals surface area contributed by atoms with E-state index in [2.05, 4.69) is 15.6 Å². The van der Waals surface area contributed by atoms with Crippen molar-refractivity contribution < 1.29 is 23.9 Å². The van der Waals surface area contributed by atoms with Gasteiger partial charge in [-0.15, -0.1) is 0 Å². The van der Waals surface area contributed by atoms with Crippen LogP contribution in [0.1, 0.15) is 44.1 Å². The van der Waals surface area contributed by atoms with Gasteiger partial charge in [-0.1, -0.05) is 25.3 Å². The number of carbonyl (C=O) groups excluding carboxylic acids is 3. The lowest BCUT2D eigenvalue weighted by Crippen LogP contribution is -2.48. The van der Waals surface area contributed by atoms with Crippen LogP contribution in [0.4, 0.5) is 10.5 Å². The summed E-state index contributed by atoms with van der Waals surface area (Å²) in [6.45, 7) is 0.342. The Balaban J connectivity index is 1.34. The summed E-state index contributed by atoms with van der Waals surface area (Å²) in [5.74, 6) is 0.501. The number of nitrogens with one attached hydrogen (secondary N) is 2. The molecule has 33 heavy (non-hydrogen) atoms. The van der Waals surface area contributed by atoms with Crippen LogP contribution in [-0.4, -0.2) is 46.9 Å². The van der Waals surface area contributed by atoms with Crippen LogP contribution in [0.25, 0.3) is 0 Å².